The van der Waals surface area contributed by atoms with Crippen LogP contribution >= 0.6 is 0 Å². The maximum atomic E-state index is 12.7. The van der Waals surface area contributed by atoms with Gasteiger partial charge in [-0.25, -0.2) is 15.8 Å². The zero-order valence-electron chi connectivity index (χ0n) is 20.6. The van der Waals surface area contributed by atoms with Crippen LogP contribution in [0.25, 0.3) is 11.1 Å². The molecule has 3 rings (SSSR count). The van der Waals surface area contributed by atoms with Crippen molar-refractivity contribution in [3.8, 4) is 11.1 Å². The summed E-state index contributed by atoms with van der Waals surface area (Å²) in [7, 11) is 3.08. The van der Waals surface area contributed by atoms with Crippen LogP contribution in [0.15, 0.2) is 102 Å². The minimum absolute atomic E-state index is 0.0115. The van der Waals surface area contributed by atoms with Gasteiger partial charge >= 0.3 is 0 Å². The molecule has 0 aliphatic heterocycles. The lowest BCUT2D eigenvalue weighted by atomic mass is 10.1. The van der Waals surface area contributed by atoms with Crippen LogP contribution in [-0.4, -0.2) is 34.6 Å². The molecule has 0 aliphatic carbocycles. The lowest BCUT2D eigenvalue weighted by Crippen LogP contribution is -2.38. The molecule has 1 aromatic carbocycles. The first-order valence-corrected chi connectivity index (χ1v) is 11.3. The van der Waals surface area contributed by atoms with Crippen molar-refractivity contribution in [3.63, 3.8) is 0 Å². The Labute approximate surface area is 210 Å². The highest BCUT2D eigenvalue weighted by atomic mass is 16.5. The van der Waals surface area contributed by atoms with Crippen LogP contribution in [0.5, 0.6) is 0 Å². The number of nitrogens with one attached hydrogen (secondary N) is 1. The number of anilines is 1. The van der Waals surface area contributed by atoms with E-state index in [1.165, 1.54) is 30.3 Å². The third-order valence-electron chi connectivity index (χ3n) is 5.35. The maximum Gasteiger partial charge on any atom is 0.255 e. The van der Waals surface area contributed by atoms with Crippen molar-refractivity contribution in [1.29, 1.82) is 5.41 Å². The standard InChI is InChI=1S/C27H30N6O3/c1-4-20(7-10-24(36-3)18-35-2)15-25(28)33(29)26-16-27(34)32(19-31-26)17-21-5-8-22(9-6-21)23-11-13-30-14-12-23/h5-16,18-19,28H,4,17,29H2,1-3H3/b10-7-,20-15-,24-18?,28-25?. The van der Waals surface area contributed by atoms with Gasteiger partial charge in [0.1, 0.15) is 18.4 Å². The fourth-order valence-electron chi connectivity index (χ4n) is 3.31. The van der Waals surface area contributed by atoms with Gasteiger partial charge in [-0.3, -0.25) is 19.8 Å². The Balaban J connectivity index is 1.70. The van der Waals surface area contributed by atoms with Gasteiger partial charge in [-0.2, -0.15) is 0 Å². The topological polar surface area (TPSA) is 119 Å². The van der Waals surface area contributed by atoms with Gasteiger partial charge in [0.25, 0.3) is 5.56 Å². The zero-order chi connectivity index (χ0) is 25.9. The summed E-state index contributed by atoms with van der Waals surface area (Å²) in [4.78, 5) is 21.0. The number of amidine groups is 1. The summed E-state index contributed by atoms with van der Waals surface area (Å²) in [6.45, 7) is 2.33. The normalized spacial score (nSPS) is 12.0. The largest absolute Gasteiger partial charge is 0.501 e. The Morgan fingerprint density at radius 3 is 2.42 bits per heavy atom. The third kappa shape index (κ3) is 7.00. The SMILES string of the molecule is CCC(/C=C\C(=COC)OC)=C/C(=N)N(N)c1cc(=O)n(Cc2ccc(-c3ccncc3)cc2)cn1. The molecule has 2 aromatic heterocycles. The number of allylic oxidation sites excluding steroid dienone is 3. The van der Waals surface area contributed by atoms with Crippen LogP contribution in [0.4, 0.5) is 5.82 Å². The fourth-order valence-corrected chi connectivity index (χ4v) is 3.31. The van der Waals surface area contributed by atoms with Crippen molar-refractivity contribution in [2.24, 2.45) is 5.84 Å². The molecule has 3 N–H and O–H groups in total. The molecule has 0 amide bonds. The van der Waals surface area contributed by atoms with Crippen molar-refractivity contribution in [1.82, 2.24) is 14.5 Å². The van der Waals surface area contributed by atoms with Gasteiger partial charge in [-0.1, -0.05) is 37.3 Å². The highest BCUT2D eigenvalue weighted by Gasteiger charge is 2.10. The molecule has 9 nitrogen and oxygen atoms in total. The summed E-state index contributed by atoms with van der Waals surface area (Å²) in [6, 6.07) is 13.2. The van der Waals surface area contributed by atoms with Crippen LogP contribution in [0.3, 0.4) is 0 Å². The molecule has 3 aromatic rings. The number of hydrogen-bond acceptors (Lipinski definition) is 7. The minimum Gasteiger partial charge on any atom is -0.501 e. The molecule has 0 aliphatic rings. The number of nitrogens with zero attached hydrogens (tertiary/aromatic N) is 4. The predicted octanol–water partition coefficient (Wildman–Crippen LogP) is 4.04. The molecule has 0 atom stereocenters. The van der Waals surface area contributed by atoms with Crippen LogP contribution in [-0.2, 0) is 16.0 Å². The molecule has 0 saturated heterocycles. The van der Waals surface area contributed by atoms with Gasteiger partial charge in [-0.05, 0) is 53.0 Å². The lowest BCUT2D eigenvalue weighted by molar-refractivity contribution is 0.261. The Kier molecular flexibility index (Phi) is 9.30. The van der Waals surface area contributed by atoms with Crippen molar-refractivity contribution < 1.29 is 9.47 Å². The Bertz CT molecular complexity index is 1310. The monoisotopic (exact) mass is 486 g/mol. The van der Waals surface area contributed by atoms with Crippen LogP contribution in [0, 0.1) is 5.41 Å². The first kappa shape index (κ1) is 26.1. The second-order valence-corrected chi connectivity index (χ2v) is 7.77. The number of benzene rings is 1. The Hall–Kier alpha value is -4.50. The van der Waals surface area contributed by atoms with Crippen molar-refractivity contribution in [2.75, 3.05) is 19.2 Å². The molecule has 36 heavy (non-hydrogen) atoms. The van der Waals surface area contributed by atoms with E-state index in [-0.39, 0.29) is 17.2 Å². The number of ether oxygens (including phenoxy) is 2. The molecule has 0 fully saturated rings. The minimum atomic E-state index is -0.268. The molecule has 0 saturated carbocycles. The Morgan fingerprint density at radius 1 is 1.11 bits per heavy atom. The highest BCUT2D eigenvalue weighted by molar-refractivity contribution is 6.02. The first-order valence-electron chi connectivity index (χ1n) is 11.3. The number of hydrogen-bond donors (Lipinski definition) is 2. The van der Waals surface area contributed by atoms with E-state index in [1.54, 1.807) is 31.7 Å². The number of nitrogens with two attached hydrogens (primary N) is 1. The summed E-state index contributed by atoms with van der Waals surface area (Å²) in [5, 5.41) is 9.41. The molecule has 186 valence electrons. The molecule has 9 heteroatoms. The maximum absolute atomic E-state index is 12.7. The number of aromatic nitrogens is 3. The van der Waals surface area contributed by atoms with Gasteiger partial charge in [0.15, 0.2) is 11.6 Å². The second-order valence-electron chi connectivity index (χ2n) is 7.77. The molecule has 0 bridgehead atoms. The second kappa shape index (κ2) is 12.8. The molecular weight excluding hydrogens is 456 g/mol. The van der Waals surface area contributed by atoms with E-state index in [0.29, 0.717) is 18.7 Å². The smallest absolute Gasteiger partial charge is 0.255 e. The summed E-state index contributed by atoms with van der Waals surface area (Å²) in [6.07, 6.45) is 12.2. The van der Waals surface area contributed by atoms with Gasteiger partial charge in [0.05, 0.1) is 20.8 Å². The first-order chi connectivity index (χ1) is 17.4. The summed E-state index contributed by atoms with van der Waals surface area (Å²) in [5.41, 5.74) is 3.67. The molecule has 0 unspecified atom stereocenters. The number of rotatable bonds is 10. The highest BCUT2D eigenvalue weighted by Crippen LogP contribution is 2.19. The zero-order valence-corrected chi connectivity index (χ0v) is 20.6. The molecular formula is C27H30N6O3. The van der Waals surface area contributed by atoms with E-state index in [9.17, 15) is 4.79 Å². The Morgan fingerprint density at radius 2 is 1.81 bits per heavy atom. The summed E-state index contributed by atoms with van der Waals surface area (Å²) < 4.78 is 11.6. The molecule has 0 spiro atoms. The molecule has 0 radical (unpaired) electrons. The van der Waals surface area contributed by atoms with E-state index in [2.05, 4.69) is 9.97 Å². The summed E-state index contributed by atoms with van der Waals surface area (Å²) >= 11 is 0. The van der Waals surface area contributed by atoms with E-state index in [1.807, 2.05) is 49.4 Å². The number of methoxy groups -OCH3 is 2. The average Bonchev–Trinajstić information content (AvgIpc) is 2.91. The molecule has 2 heterocycles. The van der Waals surface area contributed by atoms with Crippen molar-refractivity contribution >= 4 is 11.7 Å². The lowest BCUT2D eigenvalue weighted by Gasteiger charge is -2.17. The van der Waals surface area contributed by atoms with Gasteiger partial charge in [-0.15, -0.1) is 0 Å². The van der Waals surface area contributed by atoms with Crippen LogP contribution in [0.2, 0.25) is 0 Å². The third-order valence-corrected chi connectivity index (χ3v) is 5.35. The van der Waals surface area contributed by atoms with Crippen molar-refractivity contribution in [2.45, 2.75) is 19.9 Å². The van der Waals surface area contributed by atoms with Crippen LogP contribution < -0.4 is 16.4 Å². The van der Waals surface area contributed by atoms with E-state index >= 15 is 0 Å². The predicted molar refractivity (Wildman–Crippen MR) is 141 cm³/mol. The number of hydrazine groups is 1. The van der Waals surface area contributed by atoms with Gasteiger partial charge < -0.3 is 9.47 Å². The average molecular weight is 487 g/mol. The summed E-state index contributed by atoms with van der Waals surface area (Å²) in [5.74, 6) is 6.79. The van der Waals surface area contributed by atoms with E-state index in [0.717, 1.165) is 27.3 Å². The van der Waals surface area contributed by atoms with Gasteiger partial charge in [0.2, 0.25) is 0 Å². The number of pyridine rings is 1. The van der Waals surface area contributed by atoms with E-state index < -0.39 is 0 Å². The quantitative estimate of drug-likeness (QED) is 0.111. The van der Waals surface area contributed by atoms with Crippen LogP contribution in [0.1, 0.15) is 18.9 Å². The van der Waals surface area contributed by atoms with E-state index in [4.69, 9.17) is 20.7 Å². The fraction of sp³-hybridized carbons (Fsp3) is 0.185. The van der Waals surface area contributed by atoms with Gasteiger partial charge in [0, 0.05) is 18.5 Å². The van der Waals surface area contributed by atoms with Crippen molar-refractivity contribution in [3.05, 3.63) is 113 Å².